The van der Waals surface area contributed by atoms with Crippen molar-refractivity contribution in [3.8, 4) is 6.07 Å². The Bertz CT molecular complexity index is 269. The molecule has 0 bridgehead atoms. The summed E-state index contributed by atoms with van der Waals surface area (Å²) in [5.41, 5.74) is 7.24. The molecule has 11 heavy (non-hydrogen) atoms. The first-order valence-corrected chi connectivity index (χ1v) is 3.49. The van der Waals surface area contributed by atoms with Gasteiger partial charge < -0.3 is 5.73 Å². The molecule has 0 unspecified atom stereocenters. The fourth-order valence-corrected chi connectivity index (χ4v) is 0.859. The molecule has 1 aromatic rings. The van der Waals surface area contributed by atoms with E-state index in [9.17, 15) is 0 Å². The van der Waals surface area contributed by atoms with E-state index < -0.39 is 0 Å². The average Bonchev–Trinajstić information content (AvgIpc) is 2.05. The van der Waals surface area contributed by atoms with Crippen LogP contribution in [0.1, 0.15) is 18.4 Å². The lowest BCUT2D eigenvalue weighted by atomic mass is 10.0. The van der Waals surface area contributed by atoms with Crippen LogP contribution in [0.5, 0.6) is 0 Å². The zero-order valence-electron chi connectivity index (χ0n) is 6.41. The third-order valence-electron chi connectivity index (χ3n) is 1.63. The van der Waals surface area contributed by atoms with Crippen molar-refractivity contribution in [2.75, 3.05) is 5.73 Å². The number of hydrogen-bond donors (Lipinski definition) is 1. The zero-order chi connectivity index (χ0) is 8.27. The van der Waals surface area contributed by atoms with Crippen LogP contribution in [0.4, 0.5) is 5.69 Å². The lowest BCUT2D eigenvalue weighted by Gasteiger charge is -2.01. The van der Waals surface area contributed by atoms with Gasteiger partial charge in [-0.15, -0.1) is 0 Å². The maximum absolute atomic E-state index is 8.58. The summed E-state index contributed by atoms with van der Waals surface area (Å²) in [4.78, 5) is 0. The van der Waals surface area contributed by atoms with Gasteiger partial charge in [-0.3, -0.25) is 0 Å². The topological polar surface area (TPSA) is 49.8 Å². The quantitative estimate of drug-likeness (QED) is 0.615. The minimum Gasteiger partial charge on any atom is -0.399 e. The highest BCUT2D eigenvalue weighted by Crippen LogP contribution is 2.14. The average molecular weight is 146 g/mol. The second-order valence-corrected chi connectivity index (χ2v) is 2.52. The van der Waals surface area contributed by atoms with Crippen LogP contribution in [0.2, 0.25) is 0 Å². The maximum atomic E-state index is 8.58. The van der Waals surface area contributed by atoms with Crippen LogP contribution in [-0.4, -0.2) is 0 Å². The molecule has 0 aliphatic heterocycles. The van der Waals surface area contributed by atoms with Crippen LogP contribution in [-0.2, 0) is 0 Å². The Labute approximate surface area is 66.3 Å². The lowest BCUT2D eigenvalue weighted by Crippen LogP contribution is -1.90. The first-order valence-electron chi connectivity index (χ1n) is 3.49. The largest absolute Gasteiger partial charge is 0.399 e. The van der Waals surface area contributed by atoms with Crippen molar-refractivity contribution < 1.29 is 0 Å². The van der Waals surface area contributed by atoms with Gasteiger partial charge in [0.2, 0.25) is 0 Å². The van der Waals surface area contributed by atoms with E-state index in [0.29, 0.717) is 0 Å². The molecule has 0 aromatic heterocycles. The summed E-state index contributed by atoms with van der Waals surface area (Å²) < 4.78 is 0. The number of anilines is 1. The molecule has 0 aliphatic rings. The number of rotatable bonds is 1. The minimum atomic E-state index is -0.0457. The highest BCUT2D eigenvalue weighted by molar-refractivity contribution is 5.41. The fraction of sp³-hybridized carbons (Fsp3) is 0.222. The molecule has 0 fully saturated rings. The minimum absolute atomic E-state index is 0.0457. The summed E-state index contributed by atoms with van der Waals surface area (Å²) in [6.45, 7) is 1.87. The molecule has 2 nitrogen and oxygen atoms in total. The molecule has 0 radical (unpaired) electrons. The number of hydrogen-bond acceptors (Lipinski definition) is 2. The lowest BCUT2D eigenvalue weighted by molar-refractivity contribution is 0.982. The zero-order valence-corrected chi connectivity index (χ0v) is 6.41. The summed E-state index contributed by atoms with van der Waals surface area (Å²) in [5, 5.41) is 8.58. The van der Waals surface area contributed by atoms with E-state index in [1.54, 1.807) is 0 Å². The molecule has 56 valence electrons. The van der Waals surface area contributed by atoms with Crippen LogP contribution in [0.15, 0.2) is 24.3 Å². The van der Waals surface area contributed by atoms with Gasteiger partial charge in [0.05, 0.1) is 12.0 Å². The van der Waals surface area contributed by atoms with Crippen molar-refractivity contribution in [1.29, 1.82) is 5.26 Å². The summed E-state index contributed by atoms with van der Waals surface area (Å²) in [5.74, 6) is -0.0457. The Morgan fingerprint density at radius 3 is 2.36 bits per heavy atom. The Morgan fingerprint density at radius 2 is 1.91 bits per heavy atom. The number of nitrogen functional groups attached to an aromatic ring is 1. The number of nitrogens with two attached hydrogens (primary N) is 1. The van der Waals surface area contributed by atoms with Gasteiger partial charge in [0.15, 0.2) is 0 Å². The smallest absolute Gasteiger partial charge is 0.0700 e. The van der Waals surface area contributed by atoms with E-state index in [-0.39, 0.29) is 5.92 Å². The SMILES string of the molecule is C[C@H](C#N)c1ccc(N)cc1. The van der Waals surface area contributed by atoms with Gasteiger partial charge in [-0.25, -0.2) is 0 Å². The molecule has 1 aromatic carbocycles. The van der Waals surface area contributed by atoms with E-state index in [1.807, 2.05) is 31.2 Å². The summed E-state index contributed by atoms with van der Waals surface area (Å²) in [6.07, 6.45) is 0. The normalized spacial score (nSPS) is 12.0. The summed E-state index contributed by atoms with van der Waals surface area (Å²) in [6, 6.07) is 9.53. The molecule has 1 atom stereocenters. The van der Waals surface area contributed by atoms with Gasteiger partial charge >= 0.3 is 0 Å². The maximum Gasteiger partial charge on any atom is 0.0700 e. The Balaban J connectivity index is 2.92. The standard InChI is InChI=1S/C9H10N2/c1-7(6-10)8-2-4-9(11)5-3-8/h2-5,7H,11H2,1H3/t7-/m1/s1. The first kappa shape index (κ1) is 7.62. The summed E-state index contributed by atoms with van der Waals surface area (Å²) >= 11 is 0. The number of benzene rings is 1. The van der Waals surface area contributed by atoms with Gasteiger partial charge in [0.25, 0.3) is 0 Å². The summed E-state index contributed by atoms with van der Waals surface area (Å²) in [7, 11) is 0. The van der Waals surface area contributed by atoms with Crippen LogP contribution >= 0.6 is 0 Å². The number of nitriles is 1. The van der Waals surface area contributed by atoms with Crippen molar-refractivity contribution in [3.63, 3.8) is 0 Å². The highest BCUT2D eigenvalue weighted by Gasteiger charge is 2.01. The molecule has 2 N–H and O–H groups in total. The highest BCUT2D eigenvalue weighted by atomic mass is 14.5. The monoisotopic (exact) mass is 146 g/mol. The van der Waals surface area contributed by atoms with Gasteiger partial charge in [-0.2, -0.15) is 5.26 Å². The van der Waals surface area contributed by atoms with E-state index in [4.69, 9.17) is 11.0 Å². The van der Waals surface area contributed by atoms with Crippen LogP contribution in [0.25, 0.3) is 0 Å². The van der Waals surface area contributed by atoms with Crippen molar-refractivity contribution in [2.24, 2.45) is 0 Å². The molecule has 0 spiro atoms. The number of nitrogens with zero attached hydrogens (tertiary/aromatic N) is 1. The Hall–Kier alpha value is -1.49. The van der Waals surface area contributed by atoms with Crippen LogP contribution in [0, 0.1) is 11.3 Å². The molecule has 1 rings (SSSR count). The van der Waals surface area contributed by atoms with Crippen molar-refractivity contribution in [2.45, 2.75) is 12.8 Å². The fourth-order valence-electron chi connectivity index (χ4n) is 0.859. The van der Waals surface area contributed by atoms with Gasteiger partial charge in [0, 0.05) is 5.69 Å². The Kier molecular flexibility index (Phi) is 2.12. The van der Waals surface area contributed by atoms with E-state index in [1.165, 1.54) is 0 Å². The molecule has 0 saturated heterocycles. The van der Waals surface area contributed by atoms with E-state index in [2.05, 4.69) is 6.07 Å². The first-order chi connectivity index (χ1) is 5.24. The third-order valence-corrected chi connectivity index (χ3v) is 1.63. The van der Waals surface area contributed by atoms with Crippen LogP contribution < -0.4 is 5.73 Å². The van der Waals surface area contributed by atoms with Gasteiger partial charge in [-0.05, 0) is 24.6 Å². The molecule has 0 saturated carbocycles. The second kappa shape index (κ2) is 3.07. The predicted molar refractivity (Wildman–Crippen MR) is 44.9 cm³/mol. The van der Waals surface area contributed by atoms with Gasteiger partial charge in [0.1, 0.15) is 0 Å². The van der Waals surface area contributed by atoms with Crippen LogP contribution in [0.3, 0.4) is 0 Å². The van der Waals surface area contributed by atoms with E-state index in [0.717, 1.165) is 11.3 Å². The second-order valence-electron chi connectivity index (χ2n) is 2.52. The molecule has 2 heteroatoms. The molecular formula is C9H10N2. The molecule has 0 heterocycles. The molecule has 0 amide bonds. The molecular weight excluding hydrogens is 136 g/mol. The third kappa shape index (κ3) is 1.71. The predicted octanol–water partition coefficient (Wildman–Crippen LogP) is 1.90. The van der Waals surface area contributed by atoms with Crippen molar-refractivity contribution >= 4 is 5.69 Å². The Morgan fingerprint density at radius 1 is 1.36 bits per heavy atom. The van der Waals surface area contributed by atoms with Gasteiger partial charge in [-0.1, -0.05) is 12.1 Å². The van der Waals surface area contributed by atoms with Crippen molar-refractivity contribution in [1.82, 2.24) is 0 Å². The van der Waals surface area contributed by atoms with E-state index >= 15 is 0 Å². The van der Waals surface area contributed by atoms with Crippen molar-refractivity contribution in [3.05, 3.63) is 29.8 Å². The molecule has 0 aliphatic carbocycles.